The molecular formula is C50H47N. The van der Waals surface area contributed by atoms with Crippen molar-refractivity contribution in [1.82, 2.24) is 0 Å². The van der Waals surface area contributed by atoms with Crippen LogP contribution in [0.2, 0.25) is 0 Å². The summed E-state index contributed by atoms with van der Waals surface area (Å²) in [6.07, 6.45) is 0. The number of hydrogen-bond acceptors (Lipinski definition) is 1. The van der Waals surface area contributed by atoms with Crippen LogP contribution < -0.4 is 4.90 Å². The molecule has 0 heterocycles. The van der Waals surface area contributed by atoms with Crippen molar-refractivity contribution in [3.63, 3.8) is 0 Å². The zero-order valence-corrected chi connectivity index (χ0v) is 31.2. The molecule has 51 heavy (non-hydrogen) atoms. The minimum absolute atomic E-state index is 0.0511. The van der Waals surface area contributed by atoms with Crippen molar-refractivity contribution in [3.8, 4) is 22.3 Å². The molecule has 0 fully saturated rings. The van der Waals surface area contributed by atoms with Gasteiger partial charge >= 0.3 is 0 Å². The van der Waals surface area contributed by atoms with Crippen LogP contribution in [-0.2, 0) is 21.7 Å². The second-order valence-corrected chi connectivity index (χ2v) is 17.0. The Morgan fingerprint density at radius 1 is 0.373 bits per heavy atom. The molecule has 1 nitrogen and oxygen atoms in total. The van der Waals surface area contributed by atoms with E-state index in [4.69, 9.17) is 0 Å². The summed E-state index contributed by atoms with van der Waals surface area (Å²) in [6.45, 7) is 19.5. The highest BCUT2D eigenvalue weighted by Crippen LogP contribution is 2.59. The van der Waals surface area contributed by atoms with E-state index in [1.54, 1.807) is 0 Å². The van der Waals surface area contributed by atoms with Crippen molar-refractivity contribution >= 4 is 38.6 Å². The summed E-state index contributed by atoms with van der Waals surface area (Å²) < 4.78 is 0. The zero-order chi connectivity index (χ0) is 35.5. The minimum atomic E-state index is -0.140. The van der Waals surface area contributed by atoms with E-state index in [0.29, 0.717) is 0 Å². The third kappa shape index (κ3) is 4.21. The molecule has 0 unspecified atom stereocenters. The largest absolute Gasteiger partial charge is 0.310 e. The molecule has 0 spiro atoms. The first kappa shape index (κ1) is 31.8. The molecule has 0 atom stereocenters. The Bertz CT molecular complexity index is 2530. The lowest BCUT2D eigenvalue weighted by molar-refractivity contribution is 0.299. The maximum atomic E-state index is 2.55. The van der Waals surface area contributed by atoms with Gasteiger partial charge in [-0.1, -0.05) is 165 Å². The van der Waals surface area contributed by atoms with Crippen LogP contribution in [0, 0.1) is 0 Å². The van der Waals surface area contributed by atoms with E-state index < -0.39 is 0 Å². The smallest absolute Gasteiger partial charge is 0.0549 e. The quantitative estimate of drug-likeness (QED) is 0.170. The van der Waals surface area contributed by atoms with E-state index in [9.17, 15) is 0 Å². The molecule has 2 aliphatic carbocycles. The standard InChI is InChI=1S/C50H47N/c1-47(2)40-24-16-14-22-36(40)37-29-27-34(30-42(37)49(47,5)6)51(33-19-10-9-11-20-33)44-31-43-45(39-28-26-32-18-12-13-21-35(32)46(39)44)38-23-15-17-25-41(38)48(3,4)50(43,7)8/h9-31H,1-8H3. The summed E-state index contributed by atoms with van der Waals surface area (Å²) in [5.74, 6) is 0. The van der Waals surface area contributed by atoms with Gasteiger partial charge in [-0.3, -0.25) is 0 Å². The molecule has 0 saturated heterocycles. The summed E-state index contributed by atoms with van der Waals surface area (Å²) in [5, 5.41) is 5.14. The number of fused-ring (bicyclic) bond motifs is 10. The van der Waals surface area contributed by atoms with Gasteiger partial charge in [0.15, 0.2) is 0 Å². The Morgan fingerprint density at radius 2 is 0.922 bits per heavy atom. The van der Waals surface area contributed by atoms with E-state index in [1.165, 1.54) is 77.4 Å². The Hall–Kier alpha value is -5.14. The van der Waals surface area contributed by atoms with Crippen LogP contribution in [0.3, 0.4) is 0 Å². The van der Waals surface area contributed by atoms with Crippen LogP contribution in [0.5, 0.6) is 0 Å². The highest BCUT2D eigenvalue weighted by Gasteiger charge is 2.48. The van der Waals surface area contributed by atoms with Crippen LogP contribution in [0.4, 0.5) is 17.1 Å². The van der Waals surface area contributed by atoms with Gasteiger partial charge in [0.05, 0.1) is 5.69 Å². The molecule has 9 rings (SSSR count). The molecular weight excluding hydrogens is 615 g/mol. The Balaban J connectivity index is 1.42. The Morgan fingerprint density at radius 3 is 1.65 bits per heavy atom. The van der Waals surface area contributed by atoms with Gasteiger partial charge in [-0.2, -0.15) is 0 Å². The van der Waals surface area contributed by atoms with E-state index in [-0.39, 0.29) is 21.7 Å². The van der Waals surface area contributed by atoms with Gasteiger partial charge in [-0.25, -0.2) is 0 Å². The number of hydrogen-bond donors (Lipinski definition) is 0. The van der Waals surface area contributed by atoms with Gasteiger partial charge < -0.3 is 4.90 Å². The first-order chi connectivity index (χ1) is 24.4. The molecule has 0 saturated carbocycles. The molecule has 0 aromatic heterocycles. The van der Waals surface area contributed by atoms with Crippen molar-refractivity contribution in [1.29, 1.82) is 0 Å². The number of anilines is 3. The number of rotatable bonds is 3. The van der Waals surface area contributed by atoms with Crippen molar-refractivity contribution in [2.45, 2.75) is 77.0 Å². The van der Waals surface area contributed by atoms with Crippen LogP contribution in [0.25, 0.3) is 43.8 Å². The summed E-state index contributed by atoms with van der Waals surface area (Å²) >= 11 is 0. The normalized spacial score (nSPS) is 17.3. The van der Waals surface area contributed by atoms with E-state index >= 15 is 0 Å². The fourth-order valence-electron chi connectivity index (χ4n) is 9.42. The monoisotopic (exact) mass is 661 g/mol. The fraction of sp³-hybridized carbons (Fsp3) is 0.240. The molecule has 0 amide bonds. The van der Waals surface area contributed by atoms with Crippen LogP contribution >= 0.6 is 0 Å². The lowest BCUT2D eigenvalue weighted by Gasteiger charge is -2.49. The maximum Gasteiger partial charge on any atom is 0.0549 e. The average molecular weight is 662 g/mol. The highest BCUT2D eigenvalue weighted by molar-refractivity contribution is 6.20. The van der Waals surface area contributed by atoms with Gasteiger partial charge in [-0.15, -0.1) is 0 Å². The minimum Gasteiger partial charge on any atom is -0.310 e. The molecule has 0 aliphatic heterocycles. The number of nitrogens with zero attached hydrogens (tertiary/aromatic N) is 1. The van der Waals surface area contributed by atoms with E-state index in [2.05, 4.69) is 200 Å². The lowest BCUT2D eigenvalue weighted by Crippen LogP contribution is -2.43. The lowest BCUT2D eigenvalue weighted by atomic mass is 9.55. The van der Waals surface area contributed by atoms with Gasteiger partial charge in [0.1, 0.15) is 0 Å². The first-order valence-electron chi connectivity index (χ1n) is 18.5. The SMILES string of the molecule is CC1(C)c2ccccc2-c2ccc(N(c3ccccc3)c3cc4c(c5ccc6ccccc6c35)-c3ccccc3C(C)(C)C4(C)C)cc2C1(C)C. The molecule has 0 bridgehead atoms. The molecule has 2 aliphatic rings. The summed E-state index contributed by atoms with van der Waals surface area (Å²) in [7, 11) is 0. The molecule has 0 N–H and O–H groups in total. The molecule has 0 radical (unpaired) electrons. The molecule has 7 aromatic rings. The second kappa shape index (κ2) is 10.7. The summed E-state index contributed by atoms with van der Waals surface area (Å²) in [4.78, 5) is 2.54. The predicted octanol–water partition coefficient (Wildman–Crippen LogP) is 13.9. The molecule has 1 heteroatoms. The first-order valence-corrected chi connectivity index (χ1v) is 18.5. The molecule has 252 valence electrons. The molecule has 7 aromatic carbocycles. The van der Waals surface area contributed by atoms with Crippen molar-refractivity contribution in [2.75, 3.05) is 4.90 Å². The highest BCUT2D eigenvalue weighted by atomic mass is 15.1. The second-order valence-electron chi connectivity index (χ2n) is 17.0. The zero-order valence-electron chi connectivity index (χ0n) is 31.2. The van der Waals surface area contributed by atoms with E-state index in [1.807, 2.05) is 0 Å². The third-order valence-electron chi connectivity index (χ3n) is 13.8. The van der Waals surface area contributed by atoms with Crippen molar-refractivity contribution in [3.05, 3.63) is 162 Å². The predicted molar refractivity (Wildman–Crippen MR) is 219 cm³/mol. The average Bonchev–Trinajstić information content (AvgIpc) is 3.14. The summed E-state index contributed by atoms with van der Waals surface area (Å²) in [6, 6.07) is 52.6. The number of para-hydroxylation sites is 1. The van der Waals surface area contributed by atoms with Gasteiger partial charge in [0, 0.05) is 16.8 Å². The van der Waals surface area contributed by atoms with E-state index in [0.717, 1.165) is 5.69 Å². The third-order valence-corrected chi connectivity index (χ3v) is 13.8. The summed E-state index contributed by atoms with van der Waals surface area (Å²) in [5.41, 5.74) is 14.3. The van der Waals surface area contributed by atoms with Gasteiger partial charge in [0.2, 0.25) is 0 Å². The van der Waals surface area contributed by atoms with Gasteiger partial charge in [0.25, 0.3) is 0 Å². The van der Waals surface area contributed by atoms with Crippen molar-refractivity contribution in [2.24, 2.45) is 0 Å². The van der Waals surface area contributed by atoms with Crippen LogP contribution in [0.15, 0.2) is 140 Å². The maximum absolute atomic E-state index is 2.55. The van der Waals surface area contributed by atoms with Crippen LogP contribution in [0.1, 0.15) is 77.6 Å². The van der Waals surface area contributed by atoms with Crippen molar-refractivity contribution < 1.29 is 0 Å². The van der Waals surface area contributed by atoms with Gasteiger partial charge in [-0.05, 0) is 113 Å². The number of benzene rings is 7. The Kier molecular flexibility index (Phi) is 6.67. The fourth-order valence-corrected chi connectivity index (χ4v) is 9.42. The van der Waals surface area contributed by atoms with Crippen LogP contribution in [-0.4, -0.2) is 0 Å². The Labute approximate surface area is 303 Å². The topological polar surface area (TPSA) is 3.24 Å².